The smallest absolute Gasteiger partial charge is 0.413 e. The van der Waals surface area contributed by atoms with Gasteiger partial charge >= 0.3 is 6.09 Å². The number of carbonyl (C=O) groups is 1. The van der Waals surface area contributed by atoms with Crippen LogP contribution >= 0.6 is 0 Å². The summed E-state index contributed by atoms with van der Waals surface area (Å²) >= 11 is 0. The van der Waals surface area contributed by atoms with Crippen molar-refractivity contribution in [2.24, 2.45) is 7.05 Å². The maximum atomic E-state index is 11.8. The molecule has 0 saturated heterocycles. The number of benzene rings is 1. The molecule has 0 saturated carbocycles. The monoisotopic (exact) mass is 260 g/mol. The minimum Gasteiger partial charge on any atom is -0.441 e. The van der Waals surface area contributed by atoms with Gasteiger partial charge < -0.3 is 4.74 Å². The molecule has 0 aliphatic carbocycles. The van der Waals surface area contributed by atoms with Gasteiger partial charge in [-0.15, -0.1) is 5.10 Å². The number of rotatable bonds is 3. The average molecular weight is 260 g/mol. The summed E-state index contributed by atoms with van der Waals surface area (Å²) in [6.45, 7) is 3.59. The fraction of sp³-hybridized carbons (Fsp3) is 0.308. The maximum Gasteiger partial charge on any atom is 0.413 e. The van der Waals surface area contributed by atoms with Gasteiger partial charge in [-0.3, -0.25) is 5.32 Å². The molecule has 0 bridgehead atoms. The molecular formula is C13H16N4O2. The Morgan fingerprint density at radius 3 is 2.63 bits per heavy atom. The minimum absolute atomic E-state index is 0.317. The number of hydrogen-bond donors (Lipinski definition) is 1. The first kappa shape index (κ1) is 13.1. The van der Waals surface area contributed by atoms with E-state index in [1.807, 2.05) is 37.3 Å². The summed E-state index contributed by atoms with van der Waals surface area (Å²) in [4.78, 5) is 11.8. The number of ether oxygens (including phenoxy) is 1. The van der Waals surface area contributed by atoms with Crippen LogP contribution in [0, 0.1) is 6.92 Å². The van der Waals surface area contributed by atoms with E-state index in [2.05, 4.69) is 15.6 Å². The van der Waals surface area contributed by atoms with E-state index in [1.165, 1.54) is 4.68 Å². The molecule has 6 heteroatoms. The third-order valence-electron chi connectivity index (χ3n) is 2.77. The summed E-state index contributed by atoms with van der Waals surface area (Å²) in [5, 5.41) is 10.3. The Hall–Kier alpha value is -2.37. The molecule has 19 heavy (non-hydrogen) atoms. The Morgan fingerprint density at radius 2 is 2.05 bits per heavy atom. The zero-order chi connectivity index (χ0) is 13.8. The van der Waals surface area contributed by atoms with E-state index >= 15 is 0 Å². The van der Waals surface area contributed by atoms with Crippen LogP contribution in [0.25, 0.3) is 0 Å². The first-order valence-corrected chi connectivity index (χ1v) is 5.97. The van der Waals surface area contributed by atoms with Crippen molar-refractivity contribution < 1.29 is 9.53 Å². The summed E-state index contributed by atoms with van der Waals surface area (Å²) in [7, 11) is 1.70. The number of carbonyl (C=O) groups excluding carboxylic acids is 1. The summed E-state index contributed by atoms with van der Waals surface area (Å²) in [6, 6.07) is 9.55. The maximum absolute atomic E-state index is 11.8. The number of aromatic nitrogens is 3. The van der Waals surface area contributed by atoms with Gasteiger partial charge in [-0.2, -0.15) is 0 Å². The van der Waals surface area contributed by atoms with E-state index in [9.17, 15) is 4.79 Å². The van der Waals surface area contributed by atoms with Gasteiger partial charge in [-0.25, -0.2) is 9.48 Å². The molecule has 0 radical (unpaired) electrons. The standard InChI is InChI=1S/C13H16N4O2/c1-9-12(17(3)16-15-9)14-13(18)19-10(2)11-7-5-4-6-8-11/h4-8,10H,1-3H3,(H,14,18). The Bertz CT molecular complexity index is 546. The first-order chi connectivity index (χ1) is 9.08. The second-order valence-corrected chi connectivity index (χ2v) is 4.23. The second kappa shape index (κ2) is 5.51. The molecule has 6 nitrogen and oxygen atoms in total. The van der Waals surface area contributed by atoms with Gasteiger partial charge in [0.25, 0.3) is 0 Å². The topological polar surface area (TPSA) is 69.0 Å². The Labute approximate surface area is 111 Å². The number of nitrogens with one attached hydrogen (secondary N) is 1. The number of amides is 1. The van der Waals surface area contributed by atoms with Crippen LogP contribution in [-0.2, 0) is 11.8 Å². The van der Waals surface area contributed by atoms with Crippen molar-refractivity contribution in [3.8, 4) is 0 Å². The normalized spacial score (nSPS) is 11.9. The van der Waals surface area contributed by atoms with Crippen LogP contribution in [0.2, 0.25) is 0 Å². The summed E-state index contributed by atoms with van der Waals surface area (Å²) in [5.74, 6) is 0.533. The molecule has 0 spiro atoms. The van der Waals surface area contributed by atoms with E-state index in [1.54, 1.807) is 14.0 Å². The molecule has 2 rings (SSSR count). The first-order valence-electron chi connectivity index (χ1n) is 5.97. The zero-order valence-electron chi connectivity index (χ0n) is 11.1. The van der Waals surface area contributed by atoms with Crippen molar-refractivity contribution in [1.82, 2.24) is 15.0 Å². The lowest BCUT2D eigenvalue weighted by Crippen LogP contribution is -2.18. The molecule has 1 aromatic heterocycles. The van der Waals surface area contributed by atoms with E-state index in [4.69, 9.17) is 4.74 Å². The SMILES string of the molecule is Cc1nnn(C)c1NC(=O)OC(C)c1ccccc1. The molecule has 0 fully saturated rings. The van der Waals surface area contributed by atoms with Gasteiger partial charge in [0.1, 0.15) is 11.8 Å². The highest BCUT2D eigenvalue weighted by molar-refractivity contribution is 5.84. The lowest BCUT2D eigenvalue weighted by molar-refractivity contribution is 0.121. The predicted octanol–water partition coefficient (Wildman–Crippen LogP) is 2.43. The highest BCUT2D eigenvalue weighted by Gasteiger charge is 2.14. The molecule has 2 aromatic rings. The predicted molar refractivity (Wildman–Crippen MR) is 70.7 cm³/mol. The third-order valence-corrected chi connectivity index (χ3v) is 2.77. The van der Waals surface area contributed by atoms with Crippen LogP contribution in [0.15, 0.2) is 30.3 Å². The van der Waals surface area contributed by atoms with Gasteiger partial charge in [0.05, 0.1) is 0 Å². The molecular weight excluding hydrogens is 244 g/mol. The molecule has 0 aliphatic rings. The van der Waals surface area contributed by atoms with E-state index in [-0.39, 0.29) is 6.10 Å². The molecule has 1 atom stereocenters. The van der Waals surface area contributed by atoms with Crippen LogP contribution in [-0.4, -0.2) is 21.1 Å². The highest BCUT2D eigenvalue weighted by Crippen LogP contribution is 2.17. The largest absolute Gasteiger partial charge is 0.441 e. The summed E-state index contributed by atoms with van der Waals surface area (Å²) in [6.07, 6.45) is -0.840. The zero-order valence-corrected chi connectivity index (χ0v) is 11.1. The fourth-order valence-corrected chi connectivity index (χ4v) is 1.71. The molecule has 1 aromatic carbocycles. The van der Waals surface area contributed by atoms with Crippen LogP contribution in [0.5, 0.6) is 0 Å². The molecule has 1 amide bonds. The van der Waals surface area contributed by atoms with Crippen molar-refractivity contribution >= 4 is 11.9 Å². The van der Waals surface area contributed by atoms with Gasteiger partial charge in [0.2, 0.25) is 0 Å². The number of nitrogens with zero attached hydrogens (tertiary/aromatic N) is 3. The quantitative estimate of drug-likeness (QED) is 0.920. The van der Waals surface area contributed by atoms with Crippen molar-refractivity contribution in [3.05, 3.63) is 41.6 Å². The highest BCUT2D eigenvalue weighted by atomic mass is 16.6. The van der Waals surface area contributed by atoms with E-state index in [0.29, 0.717) is 11.5 Å². The Balaban J connectivity index is 1.99. The van der Waals surface area contributed by atoms with Crippen LogP contribution in [0.4, 0.5) is 10.6 Å². The van der Waals surface area contributed by atoms with Crippen molar-refractivity contribution in [3.63, 3.8) is 0 Å². The summed E-state index contributed by atoms with van der Waals surface area (Å²) < 4.78 is 6.79. The van der Waals surface area contributed by atoms with E-state index in [0.717, 1.165) is 5.56 Å². The van der Waals surface area contributed by atoms with Crippen molar-refractivity contribution in [2.45, 2.75) is 20.0 Å². The fourth-order valence-electron chi connectivity index (χ4n) is 1.71. The van der Waals surface area contributed by atoms with Crippen LogP contribution in [0.3, 0.4) is 0 Å². The minimum atomic E-state index is -0.523. The number of hydrogen-bond acceptors (Lipinski definition) is 4. The average Bonchev–Trinajstić information content (AvgIpc) is 2.71. The van der Waals surface area contributed by atoms with Crippen molar-refractivity contribution in [1.29, 1.82) is 0 Å². The van der Waals surface area contributed by atoms with Crippen LogP contribution in [0.1, 0.15) is 24.3 Å². The molecule has 1 N–H and O–H groups in total. The van der Waals surface area contributed by atoms with Gasteiger partial charge in [0, 0.05) is 7.05 Å². The van der Waals surface area contributed by atoms with Crippen LogP contribution < -0.4 is 5.32 Å². The second-order valence-electron chi connectivity index (χ2n) is 4.23. The van der Waals surface area contributed by atoms with E-state index < -0.39 is 6.09 Å². The van der Waals surface area contributed by atoms with Gasteiger partial charge in [-0.1, -0.05) is 35.5 Å². The summed E-state index contributed by atoms with van der Waals surface area (Å²) in [5.41, 5.74) is 1.59. The number of aryl methyl sites for hydroxylation is 2. The third kappa shape index (κ3) is 3.09. The van der Waals surface area contributed by atoms with Gasteiger partial charge in [0.15, 0.2) is 5.82 Å². The molecule has 1 unspecified atom stereocenters. The lowest BCUT2D eigenvalue weighted by atomic mass is 10.1. The molecule has 0 aliphatic heterocycles. The lowest BCUT2D eigenvalue weighted by Gasteiger charge is -2.14. The Morgan fingerprint density at radius 1 is 1.37 bits per heavy atom. The van der Waals surface area contributed by atoms with Crippen molar-refractivity contribution in [2.75, 3.05) is 5.32 Å². The number of anilines is 1. The van der Waals surface area contributed by atoms with Gasteiger partial charge in [-0.05, 0) is 19.4 Å². The molecule has 100 valence electrons. The Kier molecular flexibility index (Phi) is 3.79. The molecule has 1 heterocycles.